The molecule has 0 amide bonds. The molecule has 0 aliphatic heterocycles. The summed E-state index contributed by atoms with van der Waals surface area (Å²) in [5.74, 6) is -1.80. The van der Waals surface area contributed by atoms with Crippen molar-refractivity contribution in [3.63, 3.8) is 0 Å². The highest BCUT2D eigenvalue weighted by Crippen LogP contribution is 2.01. The number of esters is 1. The van der Waals surface area contributed by atoms with Gasteiger partial charge in [-0.05, 0) is 17.7 Å². The Hall–Kier alpha value is -3.65. The molecule has 128 valence electrons. The Kier molecular flexibility index (Phi) is 11.9. The summed E-state index contributed by atoms with van der Waals surface area (Å²) in [6, 6.07) is 11.7. The molecule has 0 unspecified atom stereocenters. The standard InChI is InChI=1S/C12H11NO4.C8H8/c1-2-9-17-12(16)10(6-4-8-13)5-3-7-11(14)15;1-2-8-6-4-3-5-7-8/h2-7H,1,9H2,(H,14,15);2-7H,1H2. The van der Waals surface area contributed by atoms with Crippen LogP contribution in [0.4, 0.5) is 0 Å². The summed E-state index contributed by atoms with van der Waals surface area (Å²) < 4.78 is 4.74. The van der Waals surface area contributed by atoms with Crippen LogP contribution in [0.25, 0.3) is 6.08 Å². The van der Waals surface area contributed by atoms with E-state index >= 15 is 0 Å². The lowest BCUT2D eigenvalue weighted by molar-refractivity contribution is -0.137. The van der Waals surface area contributed by atoms with E-state index < -0.39 is 11.9 Å². The number of carboxylic acid groups (broad SMARTS) is 1. The number of hydrogen-bond donors (Lipinski definition) is 1. The molecule has 1 aromatic rings. The molecule has 0 atom stereocenters. The molecule has 25 heavy (non-hydrogen) atoms. The number of nitriles is 1. The first-order valence-electron chi connectivity index (χ1n) is 7.18. The van der Waals surface area contributed by atoms with Gasteiger partial charge >= 0.3 is 11.9 Å². The molecule has 5 heteroatoms. The van der Waals surface area contributed by atoms with Crippen molar-refractivity contribution in [1.82, 2.24) is 0 Å². The van der Waals surface area contributed by atoms with E-state index in [1.54, 1.807) is 6.07 Å². The second-order valence-electron chi connectivity index (χ2n) is 4.28. The molecule has 0 fully saturated rings. The number of carbonyl (C=O) groups excluding carboxylic acids is 1. The van der Waals surface area contributed by atoms with Gasteiger partial charge in [-0.15, -0.1) is 0 Å². The molecule has 0 radical (unpaired) electrons. The summed E-state index contributed by atoms with van der Waals surface area (Å²) in [6.07, 6.45) is 8.84. The molecule has 0 heterocycles. The third kappa shape index (κ3) is 11.6. The van der Waals surface area contributed by atoms with Crippen molar-refractivity contribution in [1.29, 1.82) is 5.26 Å². The smallest absolute Gasteiger partial charge is 0.338 e. The summed E-state index contributed by atoms with van der Waals surface area (Å²) in [5.41, 5.74) is 1.25. The van der Waals surface area contributed by atoms with Crippen LogP contribution < -0.4 is 0 Å². The molecule has 1 rings (SSSR count). The third-order valence-corrected chi connectivity index (χ3v) is 2.46. The first kappa shape index (κ1) is 21.4. The maximum absolute atomic E-state index is 11.4. The fourth-order valence-electron chi connectivity index (χ4n) is 1.36. The minimum absolute atomic E-state index is 0.0409. The molecule has 1 aromatic carbocycles. The van der Waals surface area contributed by atoms with Gasteiger partial charge in [-0.1, -0.05) is 61.7 Å². The fraction of sp³-hybridized carbons (Fsp3) is 0.0500. The monoisotopic (exact) mass is 337 g/mol. The maximum Gasteiger partial charge on any atom is 0.338 e. The molecule has 0 saturated carbocycles. The molecule has 0 spiro atoms. The first-order valence-corrected chi connectivity index (χ1v) is 7.18. The van der Waals surface area contributed by atoms with E-state index in [4.69, 9.17) is 15.1 Å². The van der Waals surface area contributed by atoms with Crippen molar-refractivity contribution in [3.05, 3.63) is 91.1 Å². The average Bonchev–Trinajstić information content (AvgIpc) is 2.63. The van der Waals surface area contributed by atoms with Crippen molar-refractivity contribution >= 4 is 18.0 Å². The van der Waals surface area contributed by atoms with Gasteiger partial charge in [-0.25, -0.2) is 9.59 Å². The van der Waals surface area contributed by atoms with Crippen LogP contribution >= 0.6 is 0 Å². The van der Waals surface area contributed by atoms with Crippen LogP contribution in [-0.4, -0.2) is 23.7 Å². The molecule has 1 N–H and O–H groups in total. The predicted octanol–water partition coefficient (Wildman–Crippen LogP) is 3.69. The Labute approximate surface area is 147 Å². The molecular weight excluding hydrogens is 318 g/mol. The van der Waals surface area contributed by atoms with E-state index in [1.807, 2.05) is 36.4 Å². The van der Waals surface area contributed by atoms with Crippen LogP contribution in [0, 0.1) is 11.3 Å². The zero-order valence-corrected chi connectivity index (χ0v) is 13.7. The van der Waals surface area contributed by atoms with E-state index in [1.165, 1.54) is 29.9 Å². The lowest BCUT2D eigenvalue weighted by Crippen LogP contribution is -2.06. The van der Waals surface area contributed by atoms with E-state index in [-0.39, 0.29) is 12.2 Å². The highest BCUT2D eigenvalue weighted by molar-refractivity contribution is 5.92. The Bertz CT molecular complexity index is 707. The van der Waals surface area contributed by atoms with Crippen molar-refractivity contribution in [3.8, 4) is 6.07 Å². The van der Waals surface area contributed by atoms with Crippen molar-refractivity contribution in [2.45, 2.75) is 0 Å². The molecule has 0 bridgehead atoms. The topological polar surface area (TPSA) is 87.4 Å². The van der Waals surface area contributed by atoms with E-state index in [2.05, 4.69) is 13.2 Å². The first-order chi connectivity index (χ1) is 12.0. The van der Waals surface area contributed by atoms with Gasteiger partial charge in [0, 0.05) is 12.2 Å². The summed E-state index contributed by atoms with van der Waals surface area (Å²) in [5, 5.41) is 16.7. The maximum atomic E-state index is 11.4. The number of rotatable bonds is 7. The summed E-state index contributed by atoms with van der Waals surface area (Å²) in [6.45, 7) is 7.05. The number of nitrogens with zero attached hydrogens (tertiary/aromatic N) is 1. The number of carbonyl (C=O) groups is 2. The zero-order chi connectivity index (χ0) is 18.9. The summed E-state index contributed by atoms with van der Waals surface area (Å²) in [4.78, 5) is 21.6. The predicted molar refractivity (Wildman–Crippen MR) is 97.3 cm³/mol. The highest BCUT2D eigenvalue weighted by Gasteiger charge is 2.05. The van der Waals surface area contributed by atoms with E-state index in [9.17, 15) is 9.59 Å². The molecule has 0 aromatic heterocycles. The van der Waals surface area contributed by atoms with Crippen LogP contribution in [-0.2, 0) is 14.3 Å². The van der Waals surface area contributed by atoms with Gasteiger partial charge in [0.05, 0.1) is 11.6 Å². The Balaban J connectivity index is 0.000000593. The Morgan fingerprint density at radius 3 is 2.36 bits per heavy atom. The number of carboxylic acids is 1. The number of aliphatic carboxylic acids is 1. The molecule has 0 saturated heterocycles. The molecular formula is C20H19NO4. The van der Waals surface area contributed by atoms with Crippen molar-refractivity contribution < 1.29 is 19.4 Å². The number of ether oxygens (including phenoxy) is 1. The minimum atomic E-state index is -1.13. The molecule has 0 aliphatic carbocycles. The van der Waals surface area contributed by atoms with Crippen LogP contribution in [0.15, 0.2) is 85.5 Å². The molecule has 5 nitrogen and oxygen atoms in total. The lowest BCUT2D eigenvalue weighted by atomic mass is 10.2. The van der Waals surface area contributed by atoms with Gasteiger partial charge in [0.1, 0.15) is 6.61 Å². The van der Waals surface area contributed by atoms with E-state index in [0.717, 1.165) is 12.2 Å². The average molecular weight is 337 g/mol. The second-order valence-corrected chi connectivity index (χ2v) is 4.28. The zero-order valence-electron chi connectivity index (χ0n) is 13.7. The normalized spacial score (nSPS) is 10.4. The van der Waals surface area contributed by atoms with Gasteiger partial charge in [0.25, 0.3) is 0 Å². The number of hydrogen-bond acceptors (Lipinski definition) is 4. The van der Waals surface area contributed by atoms with Crippen LogP contribution in [0.2, 0.25) is 0 Å². The van der Waals surface area contributed by atoms with Crippen LogP contribution in [0.1, 0.15) is 5.56 Å². The lowest BCUT2D eigenvalue weighted by Gasteiger charge is -2.00. The summed E-state index contributed by atoms with van der Waals surface area (Å²) in [7, 11) is 0. The summed E-state index contributed by atoms with van der Waals surface area (Å²) >= 11 is 0. The van der Waals surface area contributed by atoms with Crippen molar-refractivity contribution in [2.75, 3.05) is 6.61 Å². The quantitative estimate of drug-likeness (QED) is 0.269. The fourth-order valence-corrected chi connectivity index (χ4v) is 1.36. The molecule has 0 aliphatic rings. The van der Waals surface area contributed by atoms with Crippen molar-refractivity contribution in [2.24, 2.45) is 0 Å². The SMILES string of the molecule is C=CCOC(=O)C(C=CC#N)=CC=CC(=O)O.C=Cc1ccccc1. The van der Waals surface area contributed by atoms with Crippen LogP contribution in [0.5, 0.6) is 0 Å². The number of benzene rings is 1. The van der Waals surface area contributed by atoms with Gasteiger partial charge in [0.2, 0.25) is 0 Å². The van der Waals surface area contributed by atoms with Gasteiger partial charge < -0.3 is 9.84 Å². The van der Waals surface area contributed by atoms with Gasteiger partial charge in [-0.3, -0.25) is 0 Å². The van der Waals surface area contributed by atoms with Gasteiger partial charge in [0.15, 0.2) is 0 Å². The highest BCUT2D eigenvalue weighted by atomic mass is 16.5. The van der Waals surface area contributed by atoms with E-state index in [0.29, 0.717) is 0 Å². The largest absolute Gasteiger partial charge is 0.478 e. The Morgan fingerprint density at radius 2 is 1.88 bits per heavy atom. The van der Waals surface area contributed by atoms with Crippen LogP contribution in [0.3, 0.4) is 0 Å². The minimum Gasteiger partial charge on any atom is -0.478 e. The second kappa shape index (κ2) is 14.0. The van der Waals surface area contributed by atoms with Gasteiger partial charge in [-0.2, -0.15) is 5.26 Å². The Morgan fingerprint density at radius 1 is 1.20 bits per heavy atom. The third-order valence-electron chi connectivity index (χ3n) is 2.46. The number of allylic oxidation sites excluding steroid dienone is 3.